The van der Waals surface area contributed by atoms with Crippen LogP contribution in [0.3, 0.4) is 0 Å². The molecule has 1 aromatic rings. The highest BCUT2D eigenvalue weighted by Gasteiger charge is 2.34. The first-order valence-corrected chi connectivity index (χ1v) is 8.03. The van der Waals surface area contributed by atoms with E-state index in [1.165, 1.54) is 11.8 Å². The SMILES string of the molecule is CC1=CC2=C(CCCC2)C(=C2c3ccccc3C=C[N+]2=O)N1[O-]. The molecule has 23 heavy (non-hydrogen) atoms. The summed E-state index contributed by atoms with van der Waals surface area (Å²) in [7, 11) is 0. The molecule has 2 aliphatic heterocycles. The Balaban J connectivity index is 2.02. The lowest BCUT2D eigenvalue weighted by Crippen LogP contribution is -2.25. The summed E-state index contributed by atoms with van der Waals surface area (Å²) < 4.78 is 0.834. The van der Waals surface area contributed by atoms with Gasteiger partial charge in [-0.25, -0.2) is 0 Å². The first-order valence-electron chi connectivity index (χ1n) is 8.03. The van der Waals surface area contributed by atoms with Crippen LogP contribution < -0.4 is 0 Å². The zero-order valence-electron chi connectivity index (χ0n) is 13.1. The molecule has 0 spiro atoms. The minimum absolute atomic E-state index is 0.472. The molecular weight excluding hydrogens is 288 g/mol. The summed E-state index contributed by atoms with van der Waals surface area (Å²) in [6, 6.07) is 7.73. The van der Waals surface area contributed by atoms with Crippen molar-refractivity contribution in [3.8, 4) is 0 Å². The van der Waals surface area contributed by atoms with Crippen LogP contribution in [-0.4, -0.2) is 9.82 Å². The third-order valence-corrected chi connectivity index (χ3v) is 4.75. The lowest BCUT2D eigenvalue weighted by atomic mass is 9.85. The summed E-state index contributed by atoms with van der Waals surface area (Å²) >= 11 is 0. The third-order valence-electron chi connectivity index (χ3n) is 4.75. The van der Waals surface area contributed by atoms with E-state index in [1.54, 1.807) is 6.08 Å². The molecule has 0 bridgehead atoms. The molecule has 0 N–H and O–H groups in total. The first-order chi connectivity index (χ1) is 11.2. The molecule has 0 aromatic heterocycles. The largest absolute Gasteiger partial charge is 0.754 e. The second-order valence-electron chi connectivity index (χ2n) is 6.22. The van der Waals surface area contributed by atoms with Gasteiger partial charge in [0.05, 0.1) is 10.3 Å². The number of nitrogens with zero attached hydrogens (tertiary/aromatic N) is 2. The molecule has 1 aliphatic carbocycles. The van der Waals surface area contributed by atoms with E-state index in [-0.39, 0.29) is 0 Å². The van der Waals surface area contributed by atoms with Gasteiger partial charge in [0.25, 0.3) is 5.70 Å². The predicted octanol–water partition coefficient (Wildman–Crippen LogP) is 4.71. The van der Waals surface area contributed by atoms with Gasteiger partial charge in [-0.15, -0.1) is 0 Å². The van der Waals surface area contributed by atoms with E-state index >= 15 is 0 Å². The Morgan fingerprint density at radius 3 is 2.83 bits per heavy atom. The Bertz CT molecular complexity index is 828. The molecule has 4 nitrogen and oxygen atoms in total. The number of hydrogen-bond acceptors (Lipinski definition) is 3. The molecule has 4 heteroatoms. The van der Waals surface area contributed by atoms with Crippen LogP contribution in [0.4, 0.5) is 0 Å². The maximum atomic E-state index is 12.8. The summed E-state index contributed by atoms with van der Waals surface area (Å²) in [5.74, 6) is 0. The number of benzene rings is 1. The van der Waals surface area contributed by atoms with E-state index in [1.807, 2.05) is 37.3 Å². The van der Waals surface area contributed by atoms with Crippen molar-refractivity contribution in [1.29, 1.82) is 0 Å². The quantitative estimate of drug-likeness (QED) is 0.652. The average Bonchev–Trinajstić information content (AvgIpc) is 2.57. The standard InChI is InChI=1S/C19H18N2O2/c1-13-12-15-7-3-5-9-17(15)19(21(13)23)18-16-8-4-2-6-14(16)10-11-20(18)22/h2,4,6,8,10-12H,3,5,7,9H2,1H3. The minimum Gasteiger partial charge on any atom is -0.754 e. The third kappa shape index (κ3) is 2.18. The number of nitroso groups, excluding NO2 is 1. The molecule has 2 heterocycles. The molecule has 116 valence electrons. The smallest absolute Gasteiger partial charge is 0.293 e. The van der Waals surface area contributed by atoms with Gasteiger partial charge in [0.2, 0.25) is 6.20 Å². The van der Waals surface area contributed by atoms with Gasteiger partial charge < -0.3 is 10.3 Å². The maximum Gasteiger partial charge on any atom is 0.293 e. The Morgan fingerprint density at radius 2 is 1.96 bits per heavy atom. The van der Waals surface area contributed by atoms with Crippen LogP contribution in [0.1, 0.15) is 43.7 Å². The van der Waals surface area contributed by atoms with Crippen molar-refractivity contribution in [2.45, 2.75) is 32.6 Å². The van der Waals surface area contributed by atoms with E-state index < -0.39 is 0 Å². The van der Waals surface area contributed by atoms with Crippen LogP contribution in [0.15, 0.2) is 59.1 Å². The molecule has 0 atom stereocenters. The number of fused-ring (bicyclic) bond motifs is 1. The van der Waals surface area contributed by atoms with Crippen molar-refractivity contribution >= 4 is 11.8 Å². The van der Waals surface area contributed by atoms with Crippen molar-refractivity contribution in [2.75, 3.05) is 0 Å². The van der Waals surface area contributed by atoms with Crippen LogP contribution in [0, 0.1) is 10.1 Å². The molecule has 4 rings (SSSR count). The van der Waals surface area contributed by atoms with Crippen LogP contribution >= 0.6 is 0 Å². The summed E-state index contributed by atoms with van der Waals surface area (Å²) in [5, 5.41) is 13.7. The lowest BCUT2D eigenvalue weighted by molar-refractivity contribution is -0.375. The molecular formula is C19H18N2O2. The Labute approximate surface area is 135 Å². The number of hydroxylamine groups is 2. The zero-order valence-corrected chi connectivity index (χ0v) is 13.1. The molecule has 0 radical (unpaired) electrons. The van der Waals surface area contributed by atoms with Gasteiger partial charge in [0.1, 0.15) is 5.70 Å². The summed E-state index contributed by atoms with van der Waals surface area (Å²) in [6.45, 7) is 1.81. The van der Waals surface area contributed by atoms with Gasteiger partial charge in [-0.1, -0.05) is 18.2 Å². The molecule has 1 aromatic carbocycles. The normalized spacial score (nSPS) is 23.7. The summed E-state index contributed by atoms with van der Waals surface area (Å²) in [5.41, 5.74) is 5.70. The van der Waals surface area contributed by atoms with Crippen molar-refractivity contribution in [2.24, 2.45) is 0 Å². The topological polar surface area (TPSA) is 46.4 Å². The molecule has 3 aliphatic rings. The van der Waals surface area contributed by atoms with Gasteiger partial charge in [0, 0.05) is 16.7 Å². The Morgan fingerprint density at radius 1 is 1.17 bits per heavy atom. The molecule has 0 saturated heterocycles. The number of hydrogen-bond donors (Lipinski definition) is 0. The highest BCUT2D eigenvalue weighted by Crippen LogP contribution is 2.42. The minimum atomic E-state index is 0.472. The zero-order chi connectivity index (χ0) is 16.0. The van der Waals surface area contributed by atoms with Gasteiger partial charge in [-0.05, 0) is 61.5 Å². The van der Waals surface area contributed by atoms with Crippen LogP contribution in [0.5, 0.6) is 0 Å². The second-order valence-corrected chi connectivity index (χ2v) is 6.22. The van der Waals surface area contributed by atoms with Gasteiger partial charge in [0.15, 0.2) is 0 Å². The first kappa shape index (κ1) is 14.2. The summed E-state index contributed by atoms with van der Waals surface area (Å²) in [6.07, 6.45) is 9.31. The Kier molecular flexibility index (Phi) is 3.27. The summed E-state index contributed by atoms with van der Waals surface area (Å²) in [4.78, 5) is 12.5. The van der Waals surface area contributed by atoms with E-state index in [9.17, 15) is 10.1 Å². The number of rotatable bonds is 0. The van der Waals surface area contributed by atoms with Crippen molar-refractivity contribution in [1.82, 2.24) is 5.06 Å². The maximum absolute atomic E-state index is 12.8. The fourth-order valence-electron chi connectivity index (χ4n) is 3.64. The monoisotopic (exact) mass is 306 g/mol. The van der Waals surface area contributed by atoms with E-state index in [0.29, 0.717) is 17.1 Å². The average molecular weight is 306 g/mol. The van der Waals surface area contributed by atoms with Crippen LogP contribution in [-0.2, 0) is 0 Å². The van der Waals surface area contributed by atoms with E-state index in [2.05, 4.69) is 0 Å². The molecule has 0 saturated carbocycles. The fraction of sp³-hybridized carbons (Fsp3) is 0.263. The number of allylic oxidation sites excluding steroid dienone is 4. The highest BCUT2D eigenvalue weighted by molar-refractivity contribution is 5.77. The second kappa shape index (κ2) is 5.32. The van der Waals surface area contributed by atoms with Crippen LogP contribution in [0.2, 0.25) is 0 Å². The molecule has 0 fully saturated rings. The van der Waals surface area contributed by atoms with Crippen molar-refractivity contribution < 1.29 is 4.76 Å². The van der Waals surface area contributed by atoms with Gasteiger partial charge >= 0.3 is 0 Å². The van der Waals surface area contributed by atoms with Crippen LogP contribution in [0.25, 0.3) is 11.8 Å². The van der Waals surface area contributed by atoms with E-state index in [4.69, 9.17) is 0 Å². The molecule has 0 unspecified atom stereocenters. The van der Waals surface area contributed by atoms with Gasteiger partial charge in [-0.2, -0.15) is 0 Å². The van der Waals surface area contributed by atoms with Crippen molar-refractivity contribution in [3.05, 3.63) is 80.3 Å². The lowest BCUT2D eigenvalue weighted by Gasteiger charge is -2.40. The van der Waals surface area contributed by atoms with Gasteiger partial charge in [-0.3, -0.25) is 0 Å². The van der Waals surface area contributed by atoms with Crippen molar-refractivity contribution in [3.63, 3.8) is 0 Å². The highest BCUT2D eigenvalue weighted by atomic mass is 16.5. The van der Waals surface area contributed by atoms with E-state index in [0.717, 1.165) is 52.2 Å². The molecule has 0 amide bonds. The Hall–Kier alpha value is -2.46. The predicted molar refractivity (Wildman–Crippen MR) is 90.5 cm³/mol. The fourth-order valence-corrected chi connectivity index (χ4v) is 3.64.